The lowest BCUT2D eigenvalue weighted by molar-refractivity contribution is -0.117. The van der Waals surface area contributed by atoms with E-state index in [-0.39, 0.29) is 11.9 Å². The fourth-order valence-corrected chi connectivity index (χ4v) is 3.05. The minimum Gasteiger partial charge on any atom is -0.374 e. The highest BCUT2D eigenvalue weighted by Crippen LogP contribution is 2.26. The summed E-state index contributed by atoms with van der Waals surface area (Å²) in [5, 5.41) is 10.1. The number of H-pyrrole nitrogens is 1. The number of carbonyl (C=O) groups is 1. The molecule has 2 heterocycles. The summed E-state index contributed by atoms with van der Waals surface area (Å²) >= 11 is 0. The van der Waals surface area contributed by atoms with Crippen LogP contribution in [0.2, 0.25) is 0 Å². The molecule has 0 radical (unpaired) electrons. The average Bonchev–Trinajstić information content (AvgIpc) is 3.27. The zero-order valence-electron chi connectivity index (χ0n) is 13.1. The Hall–Kier alpha value is -3.08. The summed E-state index contributed by atoms with van der Waals surface area (Å²) in [5.41, 5.74) is 4.04. The Kier molecular flexibility index (Phi) is 3.75. The molecule has 1 saturated heterocycles. The van der Waals surface area contributed by atoms with Crippen LogP contribution in [-0.2, 0) is 4.79 Å². The maximum atomic E-state index is 12.7. The van der Waals surface area contributed by atoms with Gasteiger partial charge < -0.3 is 10.2 Å². The van der Waals surface area contributed by atoms with Crippen LogP contribution in [0.4, 0.5) is 11.4 Å². The van der Waals surface area contributed by atoms with Gasteiger partial charge >= 0.3 is 0 Å². The summed E-state index contributed by atoms with van der Waals surface area (Å²) < 4.78 is 0. The Labute approximate surface area is 140 Å². The Morgan fingerprint density at radius 1 is 1.04 bits per heavy atom. The number of nitrogens with zero attached hydrogens (tertiary/aromatic N) is 2. The van der Waals surface area contributed by atoms with Crippen molar-refractivity contribution in [3.05, 3.63) is 67.0 Å². The van der Waals surface area contributed by atoms with Crippen LogP contribution in [0.3, 0.4) is 0 Å². The van der Waals surface area contributed by atoms with Gasteiger partial charge in [0.25, 0.3) is 0 Å². The van der Waals surface area contributed by atoms with Crippen molar-refractivity contribution >= 4 is 17.3 Å². The van der Waals surface area contributed by atoms with Crippen molar-refractivity contribution in [2.75, 3.05) is 16.8 Å². The van der Waals surface area contributed by atoms with Gasteiger partial charge in [-0.15, -0.1) is 0 Å². The van der Waals surface area contributed by atoms with Gasteiger partial charge in [-0.25, -0.2) is 0 Å². The molecule has 0 bridgehead atoms. The summed E-state index contributed by atoms with van der Waals surface area (Å²) in [6, 6.07) is 17.7. The molecule has 1 aliphatic rings. The molecule has 1 unspecified atom stereocenters. The van der Waals surface area contributed by atoms with Crippen molar-refractivity contribution in [3.8, 4) is 11.1 Å². The van der Waals surface area contributed by atoms with Gasteiger partial charge in [0.05, 0.1) is 6.20 Å². The van der Waals surface area contributed by atoms with Gasteiger partial charge in [-0.3, -0.25) is 9.89 Å². The van der Waals surface area contributed by atoms with Crippen LogP contribution in [0.1, 0.15) is 6.42 Å². The first-order valence-electron chi connectivity index (χ1n) is 8.03. The summed E-state index contributed by atoms with van der Waals surface area (Å²) in [5.74, 6) is 0.120. The van der Waals surface area contributed by atoms with E-state index < -0.39 is 0 Å². The van der Waals surface area contributed by atoms with Crippen LogP contribution in [0, 0.1) is 0 Å². The molecular weight excluding hydrogens is 300 g/mol. The van der Waals surface area contributed by atoms with Crippen LogP contribution in [0.5, 0.6) is 0 Å². The first-order valence-corrected chi connectivity index (χ1v) is 8.03. The molecule has 5 nitrogen and oxygen atoms in total. The molecule has 0 saturated carbocycles. The minimum absolute atomic E-state index is 0.120. The fraction of sp³-hybridized carbons (Fsp3) is 0.158. The number of aromatic nitrogens is 2. The number of nitrogens with one attached hydrogen (secondary N) is 2. The molecule has 24 heavy (non-hydrogen) atoms. The smallest absolute Gasteiger partial charge is 0.249 e. The second-order valence-electron chi connectivity index (χ2n) is 5.88. The van der Waals surface area contributed by atoms with Crippen LogP contribution in [-0.4, -0.2) is 28.7 Å². The number of benzene rings is 2. The maximum Gasteiger partial charge on any atom is 0.249 e. The highest BCUT2D eigenvalue weighted by molar-refractivity contribution is 6.01. The lowest BCUT2D eigenvalue weighted by Crippen LogP contribution is -2.33. The van der Waals surface area contributed by atoms with Crippen molar-refractivity contribution in [2.45, 2.75) is 12.5 Å². The molecule has 1 amide bonds. The summed E-state index contributed by atoms with van der Waals surface area (Å²) in [4.78, 5) is 14.5. The molecule has 2 N–H and O–H groups in total. The number of hydrogen-bond acceptors (Lipinski definition) is 3. The number of para-hydroxylation sites is 1. The monoisotopic (exact) mass is 318 g/mol. The van der Waals surface area contributed by atoms with Crippen molar-refractivity contribution in [3.63, 3.8) is 0 Å². The van der Waals surface area contributed by atoms with Gasteiger partial charge in [0, 0.05) is 29.7 Å². The van der Waals surface area contributed by atoms with Crippen molar-refractivity contribution in [1.82, 2.24) is 10.2 Å². The molecule has 0 aliphatic carbocycles. The first-order chi connectivity index (χ1) is 11.8. The van der Waals surface area contributed by atoms with E-state index in [1.165, 1.54) is 0 Å². The third kappa shape index (κ3) is 2.76. The molecule has 5 heteroatoms. The first kappa shape index (κ1) is 14.5. The predicted octanol–water partition coefficient (Wildman–Crippen LogP) is 3.29. The molecule has 1 aromatic heterocycles. The van der Waals surface area contributed by atoms with Crippen molar-refractivity contribution in [2.24, 2.45) is 0 Å². The van der Waals surface area contributed by atoms with Gasteiger partial charge in [-0.2, -0.15) is 5.10 Å². The Bertz CT molecular complexity index is 812. The van der Waals surface area contributed by atoms with Gasteiger partial charge in [-0.05, 0) is 36.2 Å². The molecule has 0 spiro atoms. The number of anilines is 2. The van der Waals surface area contributed by atoms with E-state index in [1.807, 2.05) is 65.7 Å². The highest BCUT2D eigenvalue weighted by Gasteiger charge is 2.32. The van der Waals surface area contributed by atoms with Crippen LogP contribution < -0.4 is 10.2 Å². The van der Waals surface area contributed by atoms with E-state index in [0.29, 0.717) is 0 Å². The van der Waals surface area contributed by atoms with Crippen molar-refractivity contribution < 1.29 is 4.79 Å². The predicted molar refractivity (Wildman–Crippen MR) is 94.8 cm³/mol. The summed E-state index contributed by atoms with van der Waals surface area (Å²) in [6.45, 7) is 0.731. The molecule has 2 aromatic carbocycles. The topological polar surface area (TPSA) is 61.0 Å². The molecule has 1 atom stereocenters. The summed E-state index contributed by atoms with van der Waals surface area (Å²) in [6.07, 6.45) is 4.45. The van der Waals surface area contributed by atoms with Gasteiger partial charge in [0.15, 0.2) is 0 Å². The van der Waals surface area contributed by atoms with Gasteiger partial charge in [-0.1, -0.05) is 30.3 Å². The molecule has 120 valence electrons. The Morgan fingerprint density at radius 3 is 2.54 bits per heavy atom. The molecular formula is C19H18N4O. The standard InChI is InChI=1S/C19H18N4O/c24-19-18(22-16-4-2-1-3-5-16)10-11-23(19)17-8-6-14(7-9-17)15-12-20-21-13-15/h1-9,12-13,18,22H,10-11H2,(H,20,21). The third-order valence-electron chi connectivity index (χ3n) is 4.33. The SMILES string of the molecule is O=C1C(Nc2ccccc2)CCN1c1ccc(-c2cn[nH]c2)cc1. The second kappa shape index (κ2) is 6.20. The van der Waals surface area contributed by atoms with Crippen LogP contribution in [0.25, 0.3) is 11.1 Å². The number of hydrogen-bond donors (Lipinski definition) is 2. The number of rotatable bonds is 4. The largest absolute Gasteiger partial charge is 0.374 e. The number of amides is 1. The van der Waals surface area contributed by atoms with Crippen molar-refractivity contribution in [1.29, 1.82) is 0 Å². The van der Waals surface area contributed by atoms with E-state index in [4.69, 9.17) is 0 Å². The lowest BCUT2D eigenvalue weighted by Gasteiger charge is -2.18. The van der Waals surface area contributed by atoms with Gasteiger partial charge in [0.1, 0.15) is 6.04 Å². The normalized spacial score (nSPS) is 17.2. The minimum atomic E-state index is -0.166. The zero-order chi connectivity index (χ0) is 16.4. The lowest BCUT2D eigenvalue weighted by atomic mass is 10.1. The maximum absolute atomic E-state index is 12.7. The fourth-order valence-electron chi connectivity index (χ4n) is 3.05. The van der Waals surface area contributed by atoms with Crippen LogP contribution >= 0.6 is 0 Å². The van der Waals surface area contributed by atoms with Gasteiger partial charge in [0.2, 0.25) is 5.91 Å². The molecule has 1 fully saturated rings. The molecule has 3 aromatic rings. The number of aromatic amines is 1. The van der Waals surface area contributed by atoms with E-state index in [2.05, 4.69) is 15.5 Å². The Balaban J connectivity index is 1.48. The summed E-state index contributed by atoms with van der Waals surface area (Å²) in [7, 11) is 0. The molecule has 1 aliphatic heterocycles. The number of carbonyl (C=O) groups excluding carboxylic acids is 1. The average molecular weight is 318 g/mol. The Morgan fingerprint density at radius 2 is 1.83 bits per heavy atom. The zero-order valence-corrected chi connectivity index (χ0v) is 13.1. The van der Waals surface area contributed by atoms with Crippen LogP contribution in [0.15, 0.2) is 67.0 Å². The van der Waals surface area contributed by atoms with E-state index in [9.17, 15) is 4.79 Å². The van der Waals surface area contributed by atoms with E-state index in [0.717, 1.165) is 35.5 Å². The van der Waals surface area contributed by atoms with E-state index >= 15 is 0 Å². The highest BCUT2D eigenvalue weighted by atomic mass is 16.2. The third-order valence-corrected chi connectivity index (χ3v) is 4.33. The quantitative estimate of drug-likeness (QED) is 0.776. The van der Waals surface area contributed by atoms with E-state index in [1.54, 1.807) is 6.20 Å². The second-order valence-corrected chi connectivity index (χ2v) is 5.88. The molecule has 4 rings (SSSR count).